The van der Waals surface area contributed by atoms with Gasteiger partial charge in [0.2, 0.25) is 0 Å². The zero-order chi connectivity index (χ0) is 19.6. The molecule has 6 nitrogen and oxygen atoms in total. The van der Waals surface area contributed by atoms with Crippen LogP contribution in [-0.4, -0.2) is 61.3 Å². The number of carbonyl (C=O) groups excluding carboxylic acids is 1. The van der Waals surface area contributed by atoms with Gasteiger partial charge in [-0.3, -0.25) is 0 Å². The van der Waals surface area contributed by atoms with Crippen LogP contribution in [-0.2, 0) is 6.54 Å². The summed E-state index contributed by atoms with van der Waals surface area (Å²) in [5, 5.41) is 3.17. The lowest BCUT2D eigenvalue weighted by atomic mass is 10.0. The number of rotatable bonds is 3. The van der Waals surface area contributed by atoms with Crippen molar-refractivity contribution in [1.82, 2.24) is 15.1 Å². The summed E-state index contributed by atoms with van der Waals surface area (Å²) in [5.74, 6) is 1.53. The number of methoxy groups -OCH3 is 1. The predicted molar refractivity (Wildman–Crippen MR) is 106 cm³/mol. The van der Waals surface area contributed by atoms with Crippen LogP contribution in [0.15, 0.2) is 29.8 Å². The Morgan fingerprint density at radius 3 is 2.81 bits per heavy atom. The van der Waals surface area contributed by atoms with Crippen molar-refractivity contribution >= 4 is 6.03 Å². The van der Waals surface area contributed by atoms with Crippen LogP contribution in [0.2, 0.25) is 0 Å². The molecule has 148 valence electrons. The molecule has 0 aromatic heterocycles. The van der Waals surface area contributed by atoms with Crippen LogP contribution < -0.4 is 14.8 Å². The molecule has 2 aliphatic heterocycles. The molecule has 1 N–H and O–H groups in total. The summed E-state index contributed by atoms with van der Waals surface area (Å²) in [6.07, 6.45) is 3.22. The number of benzene rings is 1. The second-order valence-electron chi connectivity index (χ2n) is 8.15. The molecule has 3 rings (SSSR count). The van der Waals surface area contributed by atoms with E-state index in [1.54, 1.807) is 7.11 Å². The van der Waals surface area contributed by atoms with Crippen molar-refractivity contribution in [2.24, 2.45) is 0 Å². The lowest BCUT2D eigenvalue weighted by Gasteiger charge is -2.31. The quantitative estimate of drug-likeness (QED) is 0.828. The van der Waals surface area contributed by atoms with Crippen LogP contribution in [0.1, 0.15) is 32.8 Å². The number of ether oxygens (including phenoxy) is 2. The average molecular weight is 373 g/mol. The van der Waals surface area contributed by atoms with Gasteiger partial charge in [-0.1, -0.05) is 6.08 Å². The van der Waals surface area contributed by atoms with E-state index in [4.69, 9.17) is 9.47 Å². The monoisotopic (exact) mass is 373 g/mol. The van der Waals surface area contributed by atoms with Crippen molar-refractivity contribution < 1.29 is 14.3 Å². The van der Waals surface area contributed by atoms with Crippen LogP contribution in [0.4, 0.5) is 4.79 Å². The summed E-state index contributed by atoms with van der Waals surface area (Å²) in [6.45, 7) is 9.08. The van der Waals surface area contributed by atoms with Gasteiger partial charge in [-0.25, -0.2) is 4.79 Å². The largest absolute Gasteiger partial charge is 0.497 e. The molecule has 1 atom stereocenters. The lowest BCUT2D eigenvalue weighted by molar-refractivity contribution is 0.0802. The van der Waals surface area contributed by atoms with E-state index < -0.39 is 5.60 Å². The van der Waals surface area contributed by atoms with Crippen LogP contribution >= 0.6 is 0 Å². The van der Waals surface area contributed by atoms with Crippen molar-refractivity contribution in [3.63, 3.8) is 0 Å². The minimum Gasteiger partial charge on any atom is -0.497 e. The first-order valence-electron chi connectivity index (χ1n) is 9.56. The molecule has 0 fully saturated rings. The molecule has 0 saturated heterocycles. The van der Waals surface area contributed by atoms with Gasteiger partial charge in [0.05, 0.1) is 20.2 Å². The second-order valence-corrected chi connectivity index (χ2v) is 8.15. The number of fused-ring (bicyclic) bond motifs is 1. The average Bonchev–Trinajstić information content (AvgIpc) is 2.75. The summed E-state index contributed by atoms with van der Waals surface area (Å²) < 4.78 is 11.5. The zero-order valence-electron chi connectivity index (χ0n) is 17.0. The lowest BCUT2D eigenvalue weighted by Crippen LogP contribution is -2.49. The molecular weight excluding hydrogens is 342 g/mol. The SMILES string of the molecule is COc1ccc2c(c1)OC(C)(C)CN(C(=O)NC(C)C1=CCN(C)CC1)C2. The molecular formula is C21H31N3O3. The zero-order valence-corrected chi connectivity index (χ0v) is 17.0. The third kappa shape index (κ3) is 4.75. The van der Waals surface area contributed by atoms with E-state index in [2.05, 4.69) is 30.3 Å². The molecule has 0 aliphatic carbocycles. The Morgan fingerprint density at radius 2 is 2.15 bits per heavy atom. The van der Waals surface area contributed by atoms with E-state index in [0.29, 0.717) is 13.1 Å². The van der Waals surface area contributed by atoms with E-state index >= 15 is 0 Å². The van der Waals surface area contributed by atoms with Gasteiger partial charge >= 0.3 is 6.03 Å². The summed E-state index contributed by atoms with van der Waals surface area (Å²) in [5.41, 5.74) is 1.81. The highest BCUT2D eigenvalue weighted by atomic mass is 16.5. The minimum absolute atomic E-state index is 0.0359. The van der Waals surface area contributed by atoms with Gasteiger partial charge in [0.1, 0.15) is 17.1 Å². The molecule has 1 unspecified atom stereocenters. The van der Waals surface area contributed by atoms with Crippen LogP contribution in [0.25, 0.3) is 0 Å². The van der Waals surface area contributed by atoms with E-state index in [1.807, 2.05) is 36.9 Å². The number of hydrogen-bond acceptors (Lipinski definition) is 4. The van der Waals surface area contributed by atoms with Gasteiger partial charge in [0, 0.05) is 30.8 Å². The molecule has 1 aromatic rings. The van der Waals surface area contributed by atoms with Crippen molar-refractivity contribution in [2.45, 2.75) is 45.4 Å². The van der Waals surface area contributed by atoms with Gasteiger partial charge in [0.25, 0.3) is 0 Å². The highest BCUT2D eigenvalue weighted by Crippen LogP contribution is 2.32. The maximum atomic E-state index is 13.0. The summed E-state index contributed by atoms with van der Waals surface area (Å²) in [7, 11) is 3.75. The molecule has 2 aliphatic rings. The normalized spacial score (nSPS) is 20.6. The minimum atomic E-state index is -0.481. The molecule has 0 saturated carbocycles. The number of carbonyl (C=O) groups is 1. The fourth-order valence-corrected chi connectivity index (χ4v) is 3.63. The van der Waals surface area contributed by atoms with E-state index in [9.17, 15) is 4.79 Å². The van der Waals surface area contributed by atoms with E-state index in [-0.39, 0.29) is 12.1 Å². The number of hydrogen-bond donors (Lipinski definition) is 1. The van der Waals surface area contributed by atoms with Crippen molar-refractivity contribution in [3.05, 3.63) is 35.4 Å². The maximum Gasteiger partial charge on any atom is 0.318 e. The Bertz CT molecular complexity index is 729. The first-order valence-corrected chi connectivity index (χ1v) is 9.56. The predicted octanol–water partition coefficient (Wildman–Crippen LogP) is 3.03. The molecule has 0 bridgehead atoms. The number of likely N-dealkylation sites (N-methyl/N-ethyl adjacent to an activating group) is 1. The van der Waals surface area contributed by atoms with Gasteiger partial charge in [-0.05, 0) is 51.9 Å². The molecule has 2 amide bonds. The number of nitrogens with one attached hydrogen (secondary N) is 1. The smallest absolute Gasteiger partial charge is 0.318 e. The first kappa shape index (κ1) is 19.5. The Labute approximate surface area is 162 Å². The van der Waals surface area contributed by atoms with Crippen molar-refractivity contribution in [1.29, 1.82) is 0 Å². The molecule has 2 heterocycles. The standard InChI is InChI=1S/C21H31N3O3/c1-15(16-8-10-23(4)11-9-16)22-20(25)24-13-17-6-7-18(26-5)12-19(17)27-21(2,3)14-24/h6-8,12,15H,9-11,13-14H2,1-5H3,(H,22,25). The highest BCUT2D eigenvalue weighted by Gasteiger charge is 2.32. The van der Waals surface area contributed by atoms with Crippen LogP contribution in [0.3, 0.4) is 0 Å². The fourth-order valence-electron chi connectivity index (χ4n) is 3.63. The summed E-state index contributed by atoms with van der Waals surface area (Å²) >= 11 is 0. The molecule has 1 aromatic carbocycles. The van der Waals surface area contributed by atoms with E-state index in [0.717, 1.165) is 36.6 Å². The van der Waals surface area contributed by atoms with E-state index in [1.165, 1.54) is 5.57 Å². The first-order chi connectivity index (χ1) is 12.8. The fraction of sp³-hybridized carbons (Fsp3) is 0.571. The van der Waals surface area contributed by atoms with Crippen LogP contribution in [0, 0.1) is 0 Å². The van der Waals surface area contributed by atoms with Gasteiger partial charge in [-0.2, -0.15) is 0 Å². The summed E-state index contributed by atoms with van der Waals surface area (Å²) in [4.78, 5) is 17.1. The van der Waals surface area contributed by atoms with Crippen molar-refractivity contribution in [3.8, 4) is 11.5 Å². The molecule has 0 spiro atoms. The number of nitrogens with zero attached hydrogens (tertiary/aromatic N) is 2. The Hall–Kier alpha value is -2.21. The molecule has 27 heavy (non-hydrogen) atoms. The van der Waals surface area contributed by atoms with Gasteiger partial charge < -0.3 is 24.6 Å². The van der Waals surface area contributed by atoms with Crippen molar-refractivity contribution in [2.75, 3.05) is 33.8 Å². The number of urea groups is 1. The number of amides is 2. The van der Waals surface area contributed by atoms with Gasteiger partial charge in [-0.15, -0.1) is 0 Å². The second kappa shape index (κ2) is 7.80. The topological polar surface area (TPSA) is 54.0 Å². The summed E-state index contributed by atoms with van der Waals surface area (Å²) in [6, 6.07) is 5.75. The Balaban J connectivity index is 1.74. The Kier molecular flexibility index (Phi) is 5.65. The third-order valence-electron chi connectivity index (χ3n) is 5.22. The third-order valence-corrected chi connectivity index (χ3v) is 5.22. The molecule has 6 heteroatoms. The van der Waals surface area contributed by atoms with Crippen LogP contribution in [0.5, 0.6) is 11.5 Å². The molecule has 0 radical (unpaired) electrons. The maximum absolute atomic E-state index is 13.0. The highest BCUT2D eigenvalue weighted by molar-refractivity contribution is 5.75. The Morgan fingerprint density at radius 1 is 1.37 bits per heavy atom. The van der Waals surface area contributed by atoms with Gasteiger partial charge in [0.15, 0.2) is 0 Å².